The van der Waals surface area contributed by atoms with Gasteiger partial charge >= 0.3 is 0 Å². The van der Waals surface area contributed by atoms with Crippen molar-refractivity contribution < 1.29 is 18.7 Å². The Morgan fingerprint density at radius 2 is 1.68 bits per heavy atom. The van der Waals surface area contributed by atoms with E-state index in [-0.39, 0.29) is 24.3 Å². The number of benzene rings is 3. The van der Waals surface area contributed by atoms with Gasteiger partial charge in [0.1, 0.15) is 17.2 Å². The summed E-state index contributed by atoms with van der Waals surface area (Å²) >= 11 is 0. The lowest BCUT2D eigenvalue weighted by atomic mass is 10.0. The fraction of sp³-hybridized carbons (Fsp3) is 0.233. The number of nitrogens with one attached hydrogen (secondary N) is 2. The van der Waals surface area contributed by atoms with Gasteiger partial charge in [-0.05, 0) is 67.8 Å². The van der Waals surface area contributed by atoms with Crippen molar-refractivity contribution >= 4 is 17.5 Å². The summed E-state index contributed by atoms with van der Waals surface area (Å²) in [5, 5.41) is 5.87. The van der Waals surface area contributed by atoms with Crippen LogP contribution in [0.3, 0.4) is 0 Å². The second-order valence-electron chi connectivity index (χ2n) is 8.85. The van der Waals surface area contributed by atoms with Crippen LogP contribution in [0.4, 0.5) is 5.69 Å². The number of aryl methyl sites for hydroxylation is 2. The maximum absolute atomic E-state index is 12.6. The molecule has 0 radical (unpaired) electrons. The molecule has 1 aromatic heterocycles. The van der Waals surface area contributed by atoms with Gasteiger partial charge in [-0.25, -0.2) is 4.98 Å². The fourth-order valence-electron chi connectivity index (χ4n) is 3.90. The van der Waals surface area contributed by atoms with E-state index in [4.69, 9.17) is 9.15 Å². The zero-order chi connectivity index (χ0) is 26.2. The van der Waals surface area contributed by atoms with Crippen molar-refractivity contribution in [2.24, 2.45) is 0 Å². The minimum absolute atomic E-state index is 0.0571. The lowest BCUT2D eigenvalue weighted by molar-refractivity contribution is -0.122. The predicted octanol–water partition coefficient (Wildman–Crippen LogP) is 5.65. The third-order valence-electron chi connectivity index (χ3n) is 6.23. The summed E-state index contributed by atoms with van der Waals surface area (Å²) in [6, 6.07) is 24.7. The third kappa shape index (κ3) is 6.85. The zero-order valence-corrected chi connectivity index (χ0v) is 21.3. The van der Waals surface area contributed by atoms with Gasteiger partial charge in [-0.2, -0.15) is 0 Å². The van der Waals surface area contributed by atoms with Crippen molar-refractivity contribution in [3.8, 4) is 17.2 Å². The van der Waals surface area contributed by atoms with Crippen LogP contribution >= 0.6 is 0 Å². The maximum atomic E-state index is 12.6. The molecule has 3 aromatic carbocycles. The molecule has 4 aromatic rings. The highest BCUT2D eigenvalue weighted by molar-refractivity contribution is 5.91. The Hall–Kier alpha value is -4.39. The summed E-state index contributed by atoms with van der Waals surface area (Å²) in [6.45, 7) is 3.99. The molecule has 1 atom stereocenters. The van der Waals surface area contributed by atoms with E-state index in [9.17, 15) is 9.59 Å². The lowest BCUT2D eigenvalue weighted by Crippen LogP contribution is -2.27. The summed E-state index contributed by atoms with van der Waals surface area (Å²) in [6.07, 6.45) is 1.03. The molecule has 0 fully saturated rings. The summed E-state index contributed by atoms with van der Waals surface area (Å²) in [7, 11) is 1.63. The Balaban J connectivity index is 1.30. The van der Waals surface area contributed by atoms with Crippen molar-refractivity contribution in [2.45, 2.75) is 39.2 Å². The van der Waals surface area contributed by atoms with Crippen LogP contribution in [0.2, 0.25) is 0 Å². The van der Waals surface area contributed by atoms with Gasteiger partial charge in [0.25, 0.3) is 0 Å². The molecule has 4 rings (SSSR count). The van der Waals surface area contributed by atoms with E-state index in [2.05, 4.69) is 15.6 Å². The predicted molar refractivity (Wildman–Crippen MR) is 143 cm³/mol. The van der Waals surface area contributed by atoms with Crippen LogP contribution < -0.4 is 15.4 Å². The molecule has 0 spiro atoms. The second-order valence-corrected chi connectivity index (χ2v) is 8.85. The standard InChI is InChI=1S/C30H31N3O4/c1-20(23-7-5-4-6-8-23)29(35)31-19-27-21(2)37-30(33-27)24-12-14-25(15-13-24)32-28(34)18-11-22-9-16-26(36-3)17-10-22/h4-10,12-17,20H,11,18-19H2,1-3H3,(H,31,35)(H,32,34). The van der Waals surface area contributed by atoms with Gasteiger partial charge in [0.05, 0.1) is 19.6 Å². The highest BCUT2D eigenvalue weighted by atomic mass is 16.5. The second kappa shape index (κ2) is 12.0. The van der Waals surface area contributed by atoms with E-state index in [0.717, 1.165) is 22.4 Å². The van der Waals surface area contributed by atoms with Crippen molar-refractivity contribution in [2.75, 3.05) is 12.4 Å². The molecule has 1 unspecified atom stereocenters. The first-order valence-corrected chi connectivity index (χ1v) is 12.2. The van der Waals surface area contributed by atoms with Crippen LogP contribution in [0.15, 0.2) is 83.3 Å². The van der Waals surface area contributed by atoms with E-state index in [1.165, 1.54) is 0 Å². The Kier molecular flexibility index (Phi) is 8.36. The number of rotatable bonds is 10. The zero-order valence-electron chi connectivity index (χ0n) is 21.3. The van der Waals surface area contributed by atoms with Gasteiger partial charge in [-0.15, -0.1) is 0 Å². The molecule has 37 heavy (non-hydrogen) atoms. The van der Waals surface area contributed by atoms with E-state index in [1.54, 1.807) is 7.11 Å². The normalized spacial score (nSPS) is 11.5. The number of methoxy groups -OCH3 is 1. The van der Waals surface area contributed by atoms with Crippen molar-refractivity contribution in [3.63, 3.8) is 0 Å². The smallest absolute Gasteiger partial charge is 0.227 e. The van der Waals surface area contributed by atoms with Crippen molar-refractivity contribution in [1.29, 1.82) is 0 Å². The molecule has 7 heteroatoms. The molecule has 190 valence electrons. The monoisotopic (exact) mass is 497 g/mol. The largest absolute Gasteiger partial charge is 0.497 e. The summed E-state index contributed by atoms with van der Waals surface area (Å²) in [5.74, 6) is 1.53. The van der Waals surface area contributed by atoms with Crippen LogP contribution in [0.1, 0.15) is 41.8 Å². The molecule has 2 N–H and O–H groups in total. The number of hydrogen-bond acceptors (Lipinski definition) is 5. The van der Waals surface area contributed by atoms with Crippen LogP contribution in [-0.4, -0.2) is 23.9 Å². The first kappa shape index (κ1) is 25.7. The van der Waals surface area contributed by atoms with Gasteiger partial charge in [0.2, 0.25) is 17.7 Å². The van der Waals surface area contributed by atoms with Crippen LogP contribution in [-0.2, 0) is 22.6 Å². The third-order valence-corrected chi connectivity index (χ3v) is 6.23. The summed E-state index contributed by atoms with van der Waals surface area (Å²) in [5.41, 5.74) is 4.21. The van der Waals surface area contributed by atoms with E-state index in [1.807, 2.05) is 92.7 Å². The number of hydrogen-bond donors (Lipinski definition) is 2. The van der Waals surface area contributed by atoms with Crippen LogP contribution in [0, 0.1) is 6.92 Å². The Morgan fingerprint density at radius 1 is 0.973 bits per heavy atom. The average molecular weight is 498 g/mol. The van der Waals surface area contributed by atoms with Gasteiger partial charge in [0.15, 0.2) is 0 Å². The summed E-state index contributed by atoms with van der Waals surface area (Å²) < 4.78 is 11.0. The molecule has 2 amide bonds. The molecule has 7 nitrogen and oxygen atoms in total. The van der Waals surface area contributed by atoms with E-state index >= 15 is 0 Å². The highest BCUT2D eigenvalue weighted by Crippen LogP contribution is 2.24. The van der Waals surface area contributed by atoms with Crippen molar-refractivity contribution in [1.82, 2.24) is 10.3 Å². The highest BCUT2D eigenvalue weighted by Gasteiger charge is 2.17. The quantitative estimate of drug-likeness (QED) is 0.295. The Morgan fingerprint density at radius 3 is 2.35 bits per heavy atom. The Bertz CT molecular complexity index is 1330. The number of anilines is 1. The molecule has 0 saturated heterocycles. The van der Waals surface area contributed by atoms with Crippen LogP contribution in [0.5, 0.6) is 5.75 Å². The number of carbonyl (C=O) groups excluding carboxylic acids is 2. The van der Waals surface area contributed by atoms with Gasteiger partial charge in [-0.3, -0.25) is 9.59 Å². The van der Waals surface area contributed by atoms with E-state index < -0.39 is 0 Å². The van der Waals surface area contributed by atoms with Crippen molar-refractivity contribution in [3.05, 3.63) is 101 Å². The number of aromatic nitrogens is 1. The topological polar surface area (TPSA) is 93.5 Å². The lowest BCUT2D eigenvalue weighted by Gasteiger charge is -2.11. The average Bonchev–Trinajstić information content (AvgIpc) is 3.31. The molecule has 0 bridgehead atoms. The maximum Gasteiger partial charge on any atom is 0.227 e. The molecule has 0 aliphatic heterocycles. The number of nitrogens with zero attached hydrogens (tertiary/aromatic N) is 1. The minimum Gasteiger partial charge on any atom is -0.497 e. The van der Waals surface area contributed by atoms with Gasteiger partial charge in [-0.1, -0.05) is 42.5 Å². The minimum atomic E-state index is -0.258. The summed E-state index contributed by atoms with van der Waals surface area (Å²) in [4.78, 5) is 29.5. The number of carbonyl (C=O) groups is 2. The molecule has 1 heterocycles. The van der Waals surface area contributed by atoms with E-state index in [0.29, 0.717) is 35.9 Å². The molecule has 0 aliphatic carbocycles. The number of oxazole rings is 1. The van der Waals surface area contributed by atoms with Crippen LogP contribution in [0.25, 0.3) is 11.5 Å². The molecule has 0 aliphatic rings. The SMILES string of the molecule is COc1ccc(CCC(=O)Nc2ccc(-c3nc(CNC(=O)C(C)c4ccccc4)c(C)o3)cc2)cc1. The first-order valence-electron chi connectivity index (χ1n) is 12.2. The molecular weight excluding hydrogens is 466 g/mol. The Labute approximate surface area is 216 Å². The first-order chi connectivity index (χ1) is 17.9. The fourth-order valence-corrected chi connectivity index (χ4v) is 3.90. The molecular formula is C30H31N3O4. The number of ether oxygens (including phenoxy) is 1. The van der Waals surface area contributed by atoms with Gasteiger partial charge < -0.3 is 19.8 Å². The molecule has 0 saturated carbocycles. The van der Waals surface area contributed by atoms with Gasteiger partial charge in [0, 0.05) is 17.7 Å². The number of amides is 2.